The van der Waals surface area contributed by atoms with Crippen molar-refractivity contribution in [2.45, 2.75) is 6.42 Å². The van der Waals surface area contributed by atoms with Crippen molar-refractivity contribution in [2.24, 2.45) is 0 Å². The highest BCUT2D eigenvalue weighted by molar-refractivity contribution is 5.92. The zero-order valence-electron chi connectivity index (χ0n) is 15.3. The van der Waals surface area contributed by atoms with E-state index in [9.17, 15) is 0 Å². The van der Waals surface area contributed by atoms with Gasteiger partial charge in [0, 0.05) is 13.1 Å². The molecule has 0 bridgehead atoms. The van der Waals surface area contributed by atoms with Gasteiger partial charge >= 0.3 is 0 Å². The van der Waals surface area contributed by atoms with Crippen LogP contribution in [0.15, 0.2) is 60.9 Å². The number of benzene rings is 2. The van der Waals surface area contributed by atoms with E-state index in [0.717, 1.165) is 48.0 Å². The van der Waals surface area contributed by atoms with Gasteiger partial charge in [-0.25, -0.2) is 9.97 Å². The molecule has 0 saturated heterocycles. The molecule has 0 unspecified atom stereocenters. The molecule has 0 saturated carbocycles. The molecule has 1 aliphatic rings. The van der Waals surface area contributed by atoms with Crippen LogP contribution in [0.25, 0.3) is 11.6 Å². The summed E-state index contributed by atoms with van der Waals surface area (Å²) in [5.74, 6) is 2.58. The van der Waals surface area contributed by atoms with Crippen molar-refractivity contribution < 1.29 is 4.74 Å². The zero-order valence-corrected chi connectivity index (χ0v) is 15.3. The SMILES string of the molecule is COc1ccc(C2=Cc3c(NCCc4ccccc4)ncnc3NC2)cc1. The van der Waals surface area contributed by atoms with Gasteiger partial charge in [0.15, 0.2) is 0 Å². The molecular formula is C22H22N4O. The Morgan fingerprint density at radius 3 is 2.63 bits per heavy atom. The first-order valence-electron chi connectivity index (χ1n) is 9.05. The average molecular weight is 358 g/mol. The number of rotatable bonds is 6. The zero-order chi connectivity index (χ0) is 18.5. The molecule has 0 fully saturated rings. The van der Waals surface area contributed by atoms with Crippen molar-refractivity contribution >= 4 is 23.3 Å². The van der Waals surface area contributed by atoms with Crippen LogP contribution in [0, 0.1) is 0 Å². The Morgan fingerprint density at radius 2 is 1.85 bits per heavy atom. The lowest BCUT2D eigenvalue weighted by atomic mass is 10.0. The van der Waals surface area contributed by atoms with Crippen LogP contribution in [0.4, 0.5) is 11.6 Å². The second-order valence-electron chi connectivity index (χ2n) is 6.40. The molecule has 5 nitrogen and oxygen atoms in total. The number of methoxy groups -OCH3 is 1. The lowest BCUT2D eigenvalue weighted by Gasteiger charge is -2.20. The van der Waals surface area contributed by atoms with Crippen LogP contribution in [0.3, 0.4) is 0 Å². The number of aromatic nitrogens is 2. The molecule has 0 spiro atoms. The molecular weight excluding hydrogens is 336 g/mol. The van der Waals surface area contributed by atoms with Gasteiger partial charge < -0.3 is 15.4 Å². The highest BCUT2D eigenvalue weighted by atomic mass is 16.5. The molecule has 136 valence electrons. The highest BCUT2D eigenvalue weighted by Crippen LogP contribution is 2.31. The quantitative estimate of drug-likeness (QED) is 0.694. The fourth-order valence-electron chi connectivity index (χ4n) is 3.18. The number of ether oxygens (including phenoxy) is 1. The number of hydrogen-bond acceptors (Lipinski definition) is 5. The Kier molecular flexibility index (Phi) is 5.01. The first-order valence-corrected chi connectivity index (χ1v) is 9.05. The Bertz CT molecular complexity index is 936. The lowest BCUT2D eigenvalue weighted by Crippen LogP contribution is -2.15. The van der Waals surface area contributed by atoms with Gasteiger partial charge in [-0.15, -0.1) is 0 Å². The maximum atomic E-state index is 5.25. The monoisotopic (exact) mass is 358 g/mol. The Labute approximate surface area is 159 Å². The minimum absolute atomic E-state index is 0.736. The Morgan fingerprint density at radius 1 is 1.04 bits per heavy atom. The fraction of sp³-hybridized carbons (Fsp3) is 0.182. The first kappa shape index (κ1) is 17.1. The summed E-state index contributed by atoms with van der Waals surface area (Å²) >= 11 is 0. The molecule has 0 atom stereocenters. The number of nitrogens with zero attached hydrogens (tertiary/aromatic N) is 2. The predicted octanol–water partition coefficient (Wildman–Crippen LogP) is 4.11. The summed E-state index contributed by atoms with van der Waals surface area (Å²) in [5.41, 5.74) is 4.67. The summed E-state index contributed by atoms with van der Waals surface area (Å²) in [6, 6.07) is 18.5. The van der Waals surface area contributed by atoms with Crippen LogP contribution >= 0.6 is 0 Å². The molecule has 2 aromatic carbocycles. The predicted molar refractivity (Wildman–Crippen MR) is 110 cm³/mol. The molecule has 4 rings (SSSR count). The lowest BCUT2D eigenvalue weighted by molar-refractivity contribution is 0.415. The van der Waals surface area contributed by atoms with Crippen molar-refractivity contribution in [3.8, 4) is 5.75 Å². The molecule has 3 aromatic rings. The van der Waals surface area contributed by atoms with E-state index in [1.807, 2.05) is 18.2 Å². The third-order valence-electron chi connectivity index (χ3n) is 4.66. The third-order valence-corrected chi connectivity index (χ3v) is 4.66. The van der Waals surface area contributed by atoms with Crippen LogP contribution in [0.5, 0.6) is 5.75 Å². The van der Waals surface area contributed by atoms with Gasteiger partial charge in [0.1, 0.15) is 23.7 Å². The van der Waals surface area contributed by atoms with E-state index in [1.165, 1.54) is 11.1 Å². The van der Waals surface area contributed by atoms with Crippen LogP contribution < -0.4 is 15.4 Å². The van der Waals surface area contributed by atoms with Crippen molar-refractivity contribution in [1.29, 1.82) is 0 Å². The Balaban J connectivity index is 1.53. The van der Waals surface area contributed by atoms with E-state index >= 15 is 0 Å². The van der Waals surface area contributed by atoms with E-state index in [1.54, 1.807) is 13.4 Å². The molecule has 27 heavy (non-hydrogen) atoms. The van der Waals surface area contributed by atoms with E-state index < -0.39 is 0 Å². The van der Waals surface area contributed by atoms with E-state index in [0.29, 0.717) is 0 Å². The minimum Gasteiger partial charge on any atom is -0.497 e. The summed E-state index contributed by atoms with van der Waals surface area (Å²) < 4.78 is 5.25. The molecule has 1 aromatic heterocycles. The number of anilines is 2. The highest BCUT2D eigenvalue weighted by Gasteiger charge is 2.16. The molecule has 1 aliphatic heterocycles. The second-order valence-corrected chi connectivity index (χ2v) is 6.40. The summed E-state index contributed by atoms with van der Waals surface area (Å²) in [6.07, 6.45) is 4.71. The molecule has 0 radical (unpaired) electrons. The minimum atomic E-state index is 0.736. The number of nitrogens with one attached hydrogen (secondary N) is 2. The second kappa shape index (κ2) is 7.91. The van der Waals surface area contributed by atoms with Gasteiger partial charge in [0.25, 0.3) is 0 Å². The summed E-state index contributed by atoms with van der Waals surface area (Å²) in [4.78, 5) is 8.83. The molecule has 2 N–H and O–H groups in total. The molecule has 0 aliphatic carbocycles. The van der Waals surface area contributed by atoms with Crippen LogP contribution in [-0.2, 0) is 6.42 Å². The maximum absolute atomic E-state index is 5.25. The fourth-order valence-corrected chi connectivity index (χ4v) is 3.18. The number of fused-ring (bicyclic) bond motifs is 1. The van der Waals surface area contributed by atoms with E-state index in [2.05, 4.69) is 63.1 Å². The van der Waals surface area contributed by atoms with Crippen molar-refractivity contribution in [3.63, 3.8) is 0 Å². The standard InChI is InChI=1S/C22H22N4O/c1-27-19-9-7-17(8-10-19)18-13-20-21(25-15-26-22(20)24-14-18)23-12-11-16-5-3-2-4-6-16/h2-10,13,15H,11-12,14H2,1H3,(H2,23,24,25,26). The van der Waals surface area contributed by atoms with Gasteiger partial charge in [-0.2, -0.15) is 0 Å². The molecule has 2 heterocycles. The van der Waals surface area contributed by atoms with Gasteiger partial charge in [-0.3, -0.25) is 0 Å². The normalized spacial score (nSPS) is 12.6. The topological polar surface area (TPSA) is 59.1 Å². The number of hydrogen-bond donors (Lipinski definition) is 2. The Hall–Kier alpha value is -3.34. The van der Waals surface area contributed by atoms with Gasteiger partial charge in [-0.1, -0.05) is 42.5 Å². The maximum Gasteiger partial charge on any atom is 0.139 e. The van der Waals surface area contributed by atoms with Crippen LogP contribution in [-0.4, -0.2) is 30.2 Å². The van der Waals surface area contributed by atoms with Gasteiger partial charge in [0.05, 0.1) is 12.7 Å². The summed E-state index contributed by atoms with van der Waals surface area (Å²) in [5, 5.41) is 6.85. The van der Waals surface area contributed by atoms with Crippen molar-refractivity contribution in [2.75, 3.05) is 30.8 Å². The summed E-state index contributed by atoms with van der Waals surface area (Å²) in [6.45, 7) is 1.55. The molecule has 0 amide bonds. The van der Waals surface area contributed by atoms with Crippen LogP contribution in [0.1, 0.15) is 16.7 Å². The van der Waals surface area contributed by atoms with E-state index in [-0.39, 0.29) is 0 Å². The largest absolute Gasteiger partial charge is 0.497 e. The van der Waals surface area contributed by atoms with E-state index in [4.69, 9.17) is 4.74 Å². The first-order chi connectivity index (χ1) is 13.3. The molecule has 5 heteroatoms. The van der Waals surface area contributed by atoms with Crippen molar-refractivity contribution in [3.05, 3.63) is 77.6 Å². The third kappa shape index (κ3) is 3.92. The van der Waals surface area contributed by atoms with Crippen molar-refractivity contribution in [1.82, 2.24) is 9.97 Å². The average Bonchev–Trinajstić information content (AvgIpc) is 2.74. The van der Waals surface area contributed by atoms with Crippen LogP contribution in [0.2, 0.25) is 0 Å². The van der Waals surface area contributed by atoms with Gasteiger partial charge in [0.2, 0.25) is 0 Å². The van der Waals surface area contributed by atoms with Gasteiger partial charge in [-0.05, 0) is 41.3 Å². The summed E-state index contributed by atoms with van der Waals surface area (Å²) in [7, 11) is 1.68. The smallest absolute Gasteiger partial charge is 0.139 e.